The number of hydrogen-bond acceptors (Lipinski definition) is 5. The number of nitrogens with two attached hydrogens (primary N) is 1. The van der Waals surface area contributed by atoms with E-state index >= 15 is 0 Å². The zero-order valence-electron chi connectivity index (χ0n) is 18.1. The molecule has 5 nitrogen and oxygen atoms in total. The van der Waals surface area contributed by atoms with Crippen LogP contribution in [0.2, 0.25) is 0 Å². The third-order valence-electron chi connectivity index (χ3n) is 6.86. The maximum absolute atomic E-state index is 6.22. The van der Waals surface area contributed by atoms with Gasteiger partial charge in [0.15, 0.2) is 0 Å². The van der Waals surface area contributed by atoms with Crippen molar-refractivity contribution in [2.45, 2.75) is 38.1 Å². The highest BCUT2D eigenvalue weighted by atomic mass is 16.5. The van der Waals surface area contributed by atoms with Crippen molar-refractivity contribution in [3.63, 3.8) is 0 Å². The first-order valence-electron chi connectivity index (χ1n) is 11.3. The molecule has 5 rings (SSSR count). The molecular formula is C26H30N4O. The van der Waals surface area contributed by atoms with Crippen molar-refractivity contribution in [1.82, 2.24) is 15.3 Å². The Morgan fingerprint density at radius 1 is 0.935 bits per heavy atom. The van der Waals surface area contributed by atoms with Gasteiger partial charge in [0.2, 0.25) is 0 Å². The fraction of sp³-hybridized carbons (Fsp3) is 0.385. The number of benzene rings is 1. The van der Waals surface area contributed by atoms with Crippen LogP contribution in [0.3, 0.4) is 0 Å². The van der Waals surface area contributed by atoms with Crippen molar-refractivity contribution >= 4 is 5.82 Å². The summed E-state index contributed by atoms with van der Waals surface area (Å²) < 4.78 is 5.63. The molecule has 0 saturated carbocycles. The van der Waals surface area contributed by atoms with Gasteiger partial charge in [-0.25, -0.2) is 4.98 Å². The first-order valence-corrected chi connectivity index (χ1v) is 11.3. The van der Waals surface area contributed by atoms with Gasteiger partial charge in [-0.15, -0.1) is 0 Å². The maximum Gasteiger partial charge on any atom is 0.131 e. The van der Waals surface area contributed by atoms with Gasteiger partial charge in [-0.2, -0.15) is 0 Å². The van der Waals surface area contributed by atoms with Crippen LogP contribution in [-0.2, 0) is 4.74 Å². The lowest BCUT2D eigenvalue weighted by Gasteiger charge is -2.28. The molecule has 0 unspecified atom stereocenters. The van der Waals surface area contributed by atoms with Crippen LogP contribution in [0.5, 0.6) is 0 Å². The highest BCUT2D eigenvalue weighted by Gasteiger charge is 2.29. The molecule has 4 heterocycles. The van der Waals surface area contributed by atoms with E-state index in [2.05, 4.69) is 46.5 Å². The van der Waals surface area contributed by atoms with Crippen LogP contribution in [0.15, 0.2) is 55.0 Å². The van der Waals surface area contributed by atoms with Crippen molar-refractivity contribution in [1.29, 1.82) is 0 Å². The number of pyridine rings is 2. The van der Waals surface area contributed by atoms with Crippen LogP contribution in [0.25, 0.3) is 22.3 Å². The number of aromatic nitrogens is 2. The number of ether oxygens (including phenoxy) is 1. The molecule has 0 aliphatic carbocycles. The lowest BCUT2D eigenvalue weighted by atomic mass is 9.82. The first-order chi connectivity index (χ1) is 15.2. The summed E-state index contributed by atoms with van der Waals surface area (Å²) in [6.07, 6.45) is 8.88. The summed E-state index contributed by atoms with van der Waals surface area (Å²) in [5, 5.41) is 3.75. The summed E-state index contributed by atoms with van der Waals surface area (Å²) in [4.78, 5) is 8.63. The molecule has 2 fully saturated rings. The molecule has 0 bridgehead atoms. The summed E-state index contributed by atoms with van der Waals surface area (Å²) in [5.74, 6) is 1.75. The van der Waals surface area contributed by atoms with Crippen molar-refractivity contribution in [3.05, 3.63) is 66.1 Å². The molecule has 3 aromatic rings. The Morgan fingerprint density at radius 3 is 2.48 bits per heavy atom. The van der Waals surface area contributed by atoms with Crippen LogP contribution in [0.4, 0.5) is 5.82 Å². The van der Waals surface area contributed by atoms with E-state index in [0.717, 1.165) is 49.3 Å². The Kier molecular flexibility index (Phi) is 5.70. The molecule has 2 aliphatic heterocycles. The Bertz CT molecular complexity index is 1050. The summed E-state index contributed by atoms with van der Waals surface area (Å²) in [7, 11) is 0. The quantitative estimate of drug-likeness (QED) is 0.631. The van der Waals surface area contributed by atoms with Gasteiger partial charge in [-0.05, 0) is 84.2 Å². The molecule has 0 spiro atoms. The van der Waals surface area contributed by atoms with Crippen LogP contribution in [0.1, 0.15) is 49.3 Å². The van der Waals surface area contributed by atoms with Gasteiger partial charge < -0.3 is 15.8 Å². The third-order valence-corrected chi connectivity index (χ3v) is 6.86. The lowest BCUT2D eigenvalue weighted by Crippen LogP contribution is -2.21. The van der Waals surface area contributed by atoms with Crippen molar-refractivity contribution in [2.75, 3.05) is 25.5 Å². The zero-order chi connectivity index (χ0) is 21.2. The minimum absolute atomic E-state index is 0.402. The van der Waals surface area contributed by atoms with Gasteiger partial charge in [0.05, 0.1) is 0 Å². The molecule has 31 heavy (non-hydrogen) atoms. The highest BCUT2D eigenvalue weighted by molar-refractivity contribution is 5.79. The van der Waals surface area contributed by atoms with E-state index in [4.69, 9.17) is 10.5 Å². The van der Waals surface area contributed by atoms with Crippen LogP contribution in [-0.4, -0.2) is 29.7 Å². The van der Waals surface area contributed by atoms with Crippen LogP contribution >= 0.6 is 0 Å². The topological polar surface area (TPSA) is 73.1 Å². The number of nitrogens with one attached hydrogen (secondary N) is 1. The summed E-state index contributed by atoms with van der Waals surface area (Å²) >= 11 is 0. The largest absolute Gasteiger partial charge is 0.383 e. The predicted molar refractivity (Wildman–Crippen MR) is 125 cm³/mol. The summed E-state index contributed by atoms with van der Waals surface area (Å²) in [5.41, 5.74) is 13.4. The normalized spacial score (nSPS) is 22.0. The van der Waals surface area contributed by atoms with E-state index in [1.165, 1.54) is 23.1 Å². The Morgan fingerprint density at radius 2 is 1.74 bits per heavy atom. The molecule has 0 amide bonds. The smallest absolute Gasteiger partial charge is 0.131 e. The van der Waals surface area contributed by atoms with E-state index < -0.39 is 0 Å². The lowest BCUT2D eigenvalue weighted by molar-refractivity contribution is 0.0850. The molecule has 3 N–H and O–H groups in total. The fourth-order valence-electron chi connectivity index (χ4n) is 5.05. The van der Waals surface area contributed by atoms with Gasteiger partial charge in [0.1, 0.15) is 5.82 Å². The SMILES string of the molecule is C[C@H]1CCN[C@H]1c1cc(-c2cnc(N)c(-c3ccncc3)c2)ccc1C1CCOCC1. The van der Waals surface area contributed by atoms with Crippen molar-refractivity contribution in [3.8, 4) is 22.3 Å². The molecule has 2 atom stereocenters. The standard InChI is InChI=1S/C26H30N4O/c1-17-4-11-29-25(17)24-14-20(2-3-22(24)19-7-12-31-13-8-19)21-15-23(26(27)30-16-21)18-5-9-28-10-6-18/h2-3,5-6,9-10,14-17,19,25,29H,4,7-8,11-13H2,1H3,(H2,27,30)/t17-,25+/m0/s1. The van der Waals surface area contributed by atoms with E-state index in [1.54, 1.807) is 12.4 Å². The van der Waals surface area contributed by atoms with E-state index in [-0.39, 0.29) is 0 Å². The monoisotopic (exact) mass is 414 g/mol. The number of hydrogen-bond donors (Lipinski definition) is 2. The van der Waals surface area contributed by atoms with Crippen molar-refractivity contribution < 1.29 is 4.74 Å². The molecule has 5 heteroatoms. The zero-order valence-corrected chi connectivity index (χ0v) is 18.1. The average Bonchev–Trinajstić information content (AvgIpc) is 3.26. The fourth-order valence-corrected chi connectivity index (χ4v) is 5.05. The number of nitrogen functional groups attached to an aromatic ring is 1. The molecule has 1 aromatic carbocycles. The second kappa shape index (κ2) is 8.77. The second-order valence-corrected chi connectivity index (χ2v) is 8.82. The number of nitrogens with zero attached hydrogens (tertiary/aromatic N) is 2. The van der Waals surface area contributed by atoms with E-state index in [9.17, 15) is 0 Å². The number of rotatable bonds is 4. The van der Waals surface area contributed by atoms with Gasteiger partial charge >= 0.3 is 0 Å². The summed E-state index contributed by atoms with van der Waals surface area (Å²) in [6, 6.07) is 13.5. The molecule has 2 aliphatic rings. The maximum atomic E-state index is 6.22. The molecule has 160 valence electrons. The molecule has 0 radical (unpaired) electrons. The van der Waals surface area contributed by atoms with Gasteiger partial charge in [-0.3, -0.25) is 4.98 Å². The molecular weight excluding hydrogens is 384 g/mol. The predicted octanol–water partition coefficient (Wildman–Crippen LogP) is 4.96. The first kappa shape index (κ1) is 20.2. The highest BCUT2D eigenvalue weighted by Crippen LogP contribution is 2.40. The van der Waals surface area contributed by atoms with Crippen LogP contribution in [0, 0.1) is 5.92 Å². The van der Waals surface area contributed by atoms with E-state index in [0.29, 0.717) is 23.7 Å². The average molecular weight is 415 g/mol. The Labute approximate surface area is 184 Å². The van der Waals surface area contributed by atoms with Gasteiger partial charge in [0.25, 0.3) is 0 Å². The summed E-state index contributed by atoms with van der Waals surface area (Å²) in [6.45, 7) is 5.16. The van der Waals surface area contributed by atoms with E-state index in [1.807, 2.05) is 18.3 Å². The van der Waals surface area contributed by atoms with Gasteiger partial charge in [-0.1, -0.05) is 19.1 Å². The minimum Gasteiger partial charge on any atom is -0.383 e. The van der Waals surface area contributed by atoms with Crippen molar-refractivity contribution in [2.24, 2.45) is 5.92 Å². The molecule has 2 aromatic heterocycles. The minimum atomic E-state index is 0.402. The number of anilines is 1. The Balaban J connectivity index is 1.57. The third kappa shape index (κ3) is 4.08. The molecule has 2 saturated heterocycles. The van der Waals surface area contributed by atoms with Crippen LogP contribution < -0.4 is 11.1 Å². The van der Waals surface area contributed by atoms with Gasteiger partial charge in [0, 0.05) is 49.0 Å². The Hall–Kier alpha value is -2.76. The second-order valence-electron chi connectivity index (χ2n) is 8.82.